The van der Waals surface area contributed by atoms with Crippen molar-refractivity contribution in [3.63, 3.8) is 0 Å². The molecule has 0 saturated heterocycles. The van der Waals surface area contributed by atoms with Crippen LogP contribution in [0.2, 0.25) is 0 Å². The molecule has 2 aromatic carbocycles. The van der Waals surface area contributed by atoms with E-state index in [4.69, 9.17) is 9.84 Å². The normalized spacial score (nSPS) is 11.4. The van der Waals surface area contributed by atoms with E-state index in [1.807, 2.05) is 0 Å². The molecule has 4 rings (SSSR count). The summed E-state index contributed by atoms with van der Waals surface area (Å²) in [7, 11) is 0. The molecule has 5 N–H and O–H groups in total. The molecule has 10 nitrogen and oxygen atoms in total. The second kappa shape index (κ2) is 11.4. The van der Waals surface area contributed by atoms with Crippen LogP contribution >= 0.6 is 0 Å². The highest BCUT2D eigenvalue weighted by molar-refractivity contribution is 6.00. The van der Waals surface area contributed by atoms with E-state index in [0.29, 0.717) is 17.1 Å². The molecule has 3 amide bonds. The van der Waals surface area contributed by atoms with Crippen molar-refractivity contribution in [3.8, 4) is 22.9 Å². The summed E-state index contributed by atoms with van der Waals surface area (Å²) in [4.78, 5) is 42.5. The first-order chi connectivity index (χ1) is 18.6. The quantitative estimate of drug-likeness (QED) is 0.207. The number of amides is 3. The van der Waals surface area contributed by atoms with E-state index in [1.165, 1.54) is 49.6 Å². The minimum absolute atomic E-state index is 0.0361. The van der Waals surface area contributed by atoms with Crippen molar-refractivity contribution >= 4 is 29.3 Å². The summed E-state index contributed by atoms with van der Waals surface area (Å²) in [6, 6.07) is 10.8. The van der Waals surface area contributed by atoms with E-state index in [2.05, 4.69) is 25.9 Å². The van der Waals surface area contributed by atoms with Crippen molar-refractivity contribution < 1.29 is 33.0 Å². The van der Waals surface area contributed by atoms with Crippen LogP contribution < -0.4 is 20.7 Å². The van der Waals surface area contributed by atoms with Crippen molar-refractivity contribution in [2.75, 3.05) is 10.6 Å². The number of H-pyrrole nitrogens is 1. The van der Waals surface area contributed by atoms with Gasteiger partial charge in [0.2, 0.25) is 0 Å². The van der Waals surface area contributed by atoms with E-state index in [9.17, 15) is 23.2 Å². The number of carbonyl (C=O) groups is 3. The summed E-state index contributed by atoms with van der Waals surface area (Å²) in [6.07, 6.45) is 2.87. The first-order valence-corrected chi connectivity index (χ1v) is 11.6. The summed E-state index contributed by atoms with van der Waals surface area (Å²) in [5, 5.41) is 16.0. The van der Waals surface area contributed by atoms with Gasteiger partial charge < -0.3 is 30.8 Å². The number of benzene rings is 2. The Morgan fingerprint density at radius 2 is 1.69 bits per heavy atom. The van der Waals surface area contributed by atoms with Gasteiger partial charge >= 0.3 is 12.0 Å². The molecule has 1 unspecified atom stereocenters. The molecule has 39 heavy (non-hydrogen) atoms. The van der Waals surface area contributed by atoms with Gasteiger partial charge in [-0.2, -0.15) is 0 Å². The number of aryl methyl sites for hydroxylation is 1. The summed E-state index contributed by atoms with van der Waals surface area (Å²) < 4.78 is 34.3. The van der Waals surface area contributed by atoms with Crippen LogP contribution in [0.5, 0.6) is 11.5 Å². The van der Waals surface area contributed by atoms with Crippen molar-refractivity contribution in [1.29, 1.82) is 0 Å². The Kier molecular flexibility index (Phi) is 7.85. The molecule has 2 aromatic heterocycles. The number of ether oxygens (including phenoxy) is 1. The zero-order chi connectivity index (χ0) is 28.1. The maximum absolute atomic E-state index is 14.7. The molecule has 0 radical (unpaired) electrons. The van der Waals surface area contributed by atoms with E-state index in [1.54, 1.807) is 25.1 Å². The number of pyridine rings is 1. The monoisotopic (exact) mass is 535 g/mol. The Labute approximate surface area is 221 Å². The molecule has 0 bridgehead atoms. The van der Waals surface area contributed by atoms with Crippen LogP contribution in [-0.2, 0) is 4.79 Å². The first-order valence-electron chi connectivity index (χ1n) is 11.6. The first kappa shape index (κ1) is 26.8. The van der Waals surface area contributed by atoms with Crippen molar-refractivity contribution in [1.82, 2.24) is 15.3 Å². The lowest BCUT2D eigenvalue weighted by molar-refractivity contribution is -0.138. The molecule has 0 fully saturated rings. The third-order valence-corrected chi connectivity index (χ3v) is 5.47. The molecule has 0 aliphatic heterocycles. The largest absolute Gasteiger partial charge is 0.480 e. The average molecular weight is 536 g/mol. The summed E-state index contributed by atoms with van der Waals surface area (Å²) >= 11 is 0. The minimum atomic E-state index is -1.16. The van der Waals surface area contributed by atoms with Gasteiger partial charge in [-0.05, 0) is 55.8 Å². The summed E-state index contributed by atoms with van der Waals surface area (Å²) in [6.45, 7) is 3.09. The predicted molar refractivity (Wildman–Crippen MR) is 139 cm³/mol. The zero-order valence-corrected chi connectivity index (χ0v) is 20.7. The Morgan fingerprint density at radius 3 is 2.44 bits per heavy atom. The number of hydrogen-bond acceptors (Lipinski definition) is 5. The van der Waals surface area contributed by atoms with Crippen molar-refractivity contribution in [2.24, 2.45) is 0 Å². The number of carbonyl (C=O) groups excluding carboxylic acids is 2. The van der Waals surface area contributed by atoms with Gasteiger partial charge in [0.05, 0.1) is 28.3 Å². The average Bonchev–Trinajstić information content (AvgIpc) is 3.39. The van der Waals surface area contributed by atoms with Crippen LogP contribution in [0.15, 0.2) is 67.0 Å². The molecular formula is C27H23F2N5O5. The number of rotatable bonds is 8. The van der Waals surface area contributed by atoms with Gasteiger partial charge in [0, 0.05) is 24.5 Å². The maximum Gasteiger partial charge on any atom is 0.325 e. The highest BCUT2D eigenvalue weighted by Gasteiger charge is 2.17. The van der Waals surface area contributed by atoms with Crippen molar-refractivity contribution in [2.45, 2.75) is 19.9 Å². The smallest absolute Gasteiger partial charge is 0.325 e. The topological polar surface area (TPSA) is 145 Å². The highest BCUT2D eigenvalue weighted by atomic mass is 19.1. The zero-order valence-electron chi connectivity index (χ0n) is 20.7. The number of carboxylic acids is 1. The molecule has 0 aliphatic carbocycles. The molecule has 0 saturated carbocycles. The number of nitrogens with one attached hydrogen (secondary N) is 4. The standard InChI is InChI=1S/C27H23F2N5O5/c1-14-3-5-19(28)22(9-14)34-27(38)33-21-6-4-17(11-20(21)29)39-18-7-8-30-24(12-18)23-10-16(13-31-23)25(35)32-15(2)26(36)37/h3-13,15,31H,1-2H3,(H,32,35)(H,36,37)(H2,33,34,38). The molecule has 12 heteroatoms. The van der Waals surface area contributed by atoms with Gasteiger partial charge in [-0.25, -0.2) is 13.6 Å². The Hall–Kier alpha value is -5.26. The summed E-state index contributed by atoms with van der Waals surface area (Å²) in [5.41, 5.74) is 1.66. The molecule has 2 heterocycles. The SMILES string of the molecule is Cc1ccc(F)c(NC(=O)Nc2ccc(Oc3ccnc(-c4cc(C(=O)NC(C)C(=O)O)c[nH]4)c3)cc2F)c1. The fourth-order valence-electron chi connectivity index (χ4n) is 3.44. The second-order valence-corrected chi connectivity index (χ2v) is 8.52. The van der Waals surface area contributed by atoms with Gasteiger partial charge in [0.25, 0.3) is 5.91 Å². The van der Waals surface area contributed by atoms with E-state index in [0.717, 1.165) is 11.6 Å². The van der Waals surface area contributed by atoms with E-state index in [-0.39, 0.29) is 22.7 Å². The molecule has 0 spiro atoms. The molecular weight excluding hydrogens is 512 g/mol. The van der Waals surface area contributed by atoms with Crippen molar-refractivity contribution in [3.05, 3.63) is 89.8 Å². The number of aliphatic carboxylic acids is 1. The molecule has 4 aromatic rings. The van der Waals surface area contributed by atoms with E-state index < -0.39 is 35.6 Å². The Balaban J connectivity index is 1.41. The van der Waals surface area contributed by atoms with Crippen LogP contribution in [0.1, 0.15) is 22.8 Å². The number of anilines is 2. The number of hydrogen-bond donors (Lipinski definition) is 5. The van der Waals surface area contributed by atoms with Crippen LogP contribution in [-0.4, -0.2) is 39.0 Å². The predicted octanol–water partition coefficient (Wildman–Crippen LogP) is 5.30. The van der Waals surface area contributed by atoms with Crippen LogP contribution in [0, 0.1) is 18.6 Å². The van der Waals surface area contributed by atoms with Gasteiger partial charge in [-0.3, -0.25) is 14.6 Å². The number of urea groups is 1. The number of carboxylic acid groups (broad SMARTS) is 1. The van der Waals surface area contributed by atoms with Gasteiger partial charge in [0.1, 0.15) is 29.2 Å². The van der Waals surface area contributed by atoms with E-state index >= 15 is 0 Å². The third kappa shape index (κ3) is 6.74. The fraction of sp³-hybridized carbons (Fsp3) is 0.111. The minimum Gasteiger partial charge on any atom is -0.480 e. The second-order valence-electron chi connectivity index (χ2n) is 8.52. The highest BCUT2D eigenvalue weighted by Crippen LogP contribution is 2.28. The molecule has 0 aliphatic rings. The van der Waals surface area contributed by atoms with Crippen LogP contribution in [0.3, 0.4) is 0 Å². The van der Waals surface area contributed by atoms with Crippen LogP contribution in [0.25, 0.3) is 11.4 Å². The maximum atomic E-state index is 14.7. The lowest BCUT2D eigenvalue weighted by Crippen LogP contribution is -2.38. The fourth-order valence-corrected chi connectivity index (χ4v) is 3.44. The lowest BCUT2D eigenvalue weighted by Gasteiger charge is -2.11. The van der Waals surface area contributed by atoms with Gasteiger partial charge in [0.15, 0.2) is 0 Å². The van der Waals surface area contributed by atoms with Gasteiger partial charge in [-0.15, -0.1) is 0 Å². The Morgan fingerprint density at radius 1 is 0.949 bits per heavy atom. The summed E-state index contributed by atoms with van der Waals surface area (Å²) in [5.74, 6) is -2.68. The third-order valence-electron chi connectivity index (χ3n) is 5.47. The lowest BCUT2D eigenvalue weighted by atomic mass is 10.2. The molecule has 1 atom stereocenters. The number of aromatic nitrogens is 2. The van der Waals surface area contributed by atoms with Crippen LogP contribution in [0.4, 0.5) is 25.0 Å². The Bertz CT molecular complexity index is 1560. The molecule has 200 valence electrons. The number of aromatic amines is 1. The number of nitrogens with zero attached hydrogens (tertiary/aromatic N) is 1. The number of halogens is 2. The van der Waals surface area contributed by atoms with Gasteiger partial charge in [-0.1, -0.05) is 6.07 Å².